The van der Waals surface area contributed by atoms with Crippen LogP contribution in [0.15, 0.2) is 54.6 Å². The third-order valence-corrected chi connectivity index (χ3v) is 4.02. The van der Waals surface area contributed by atoms with Gasteiger partial charge >= 0.3 is 0 Å². The molecule has 3 rings (SSSR count). The maximum absolute atomic E-state index is 12.4. The summed E-state index contributed by atoms with van der Waals surface area (Å²) < 4.78 is 0. The normalized spacial score (nSPS) is 21.0. The zero-order valence-corrected chi connectivity index (χ0v) is 13.0. The molecule has 23 heavy (non-hydrogen) atoms. The summed E-state index contributed by atoms with van der Waals surface area (Å²) in [6.07, 6.45) is 0.838. The van der Waals surface area contributed by atoms with Gasteiger partial charge in [-0.1, -0.05) is 24.3 Å². The number of para-hydroxylation sites is 1. The molecule has 0 aliphatic carbocycles. The van der Waals surface area contributed by atoms with Gasteiger partial charge in [0, 0.05) is 42.1 Å². The Balaban J connectivity index is 1.75. The van der Waals surface area contributed by atoms with Gasteiger partial charge < -0.3 is 21.7 Å². The topological polar surface area (TPSA) is 84.4 Å². The summed E-state index contributed by atoms with van der Waals surface area (Å²) in [6, 6.07) is 17.2. The monoisotopic (exact) mass is 310 g/mol. The van der Waals surface area contributed by atoms with Crippen LogP contribution in [0.2, 0.25) is 0 Å². The van der Waals surface area contributed by atoms with E-state index in [0.717, 1.165) is 30.9 Å². The molecule has 120 valence electrons. The second kappa shape index (κ2) is 6.81. The van der Waals surface area contributed by atoms with Crippen LogP contribution in [0.3, 0.4) is 0 Å². The number of nitrogens with zero attached hydrogens (tertiary/aromatic N) is 1. The van der Waals surface area contributed by atoms with Gasteiger partial charge in [0.15, 0.2) is 0 Å². The van der Waals surface area contributed by atoms with Crippen LogP contribution in [0.25, 0.3) is 0 Å². The van der Waals surface area contributed by atoms with Crippen molar-refractivity contribution in [2.24, 2.45) is 11.5 Å². The summed E-state index contributed by atoms with van der Waals surface area (Å²) in [5.74, 6) is -0.122. The van der Waals surface area contributed by atoms with Crippen LogP contribution < -0.4 is 21.7 Å². The highest BCUT2D eigenvalue weighted by molar-refractivity contribution is 6.04. The molecule has 0 bridgehead atoms. The molecule has 5 N–H and O–H groups in total. The first-order chi connectivity index (χ1) is 11.1. The Labute approximate surface area is 136 Å². The second-order valence-electron chi connectivity index (χ2n) is 6.03. The minimum atomic E-state index is -0.122. The van der Waals surface area contributed by atoms with Gasteiger partial charge in [0.2, 0.25) is 0 Å². The molecule has 1 aliphatic rings. The molecule has 0 aromatic heterocycles. The molecular formula is C18H22N4O. The number of hydrogen-bond donors (Lipinski definition) is 3. The Morgan fingerprint density at radius 2 is 1.70 bits per heavy atom. The molecule has 5 nitrogen and oxygen atoms in total. The van der Waals surface area contributed by atoms with Crippen LogP contribution in [-0.4, -0.2) is 31.1 Å². The van der Waals surface area contributed by atoms with Gasteiger partial charge in [0.25, 0.3) is 5.91 Å². The molecule has 0 spiro atoms. The first kappa shape index (κ1) is 15.5. The van der Waals surface area contributed by atoms with E-state index in [1.165, 1.54) is 0 Å². The fourth-order valence-corrected chi connectivity index (χ4v) is 2.96. The number of piperidine rings is 1. The van der Waals surface area contributed by atoms with Crippen LogP contribution >= 0.6 is 0 Å². The molecule has 0 saturated carbocycles. The molecule has 2 atom stereocenters. The third kappa shape index (κ3) is 3.88. The van der Waals surface area contributed by atoms with Crippen molar-refractivity contribution in [3.63, 3.8) is 0 Å². The number of rotatable bonds is 3. The lowest BCUT2D eigenvalue weighted by Gasteiger charge is -2.36. The maximum atomic E-state index is 12.4. The SMILES string of the molecule is N[C@@H]1C[C@H](N)CN(c2cccc(C(=O)Nc3ccccc3)c2)C1. The van der Waals surface area contributed by atoms with Crippen LogP contribution in [0, 0.1) is 0 Å². The van der Waals surface area contributed by atoms with E-state index >= 15 is 0 Å². The molecule has 2 aromatic carbocycles. The molecule has 1 aliphatic heterocycles. The quantitative estimate of drug-likeness (QED) is 0.807. The van der Waals surface area contributed by atoms with Crippen molar-refractivity contribution in [1.82, 2.24) is 0 Å². The summed E-state index contributed by atoms with van der Waals surface area (Å²) in [5.41, 5.74) is 14.5. The van der Waals surface area contributed by atoms with Crippen LogP contribution in [0.4, 0.5) is 11.4 Å². The van der Waals surface area contributed by atoms with E-state index in [-0.39, 0.29) is 18.0 Å². The van der Waals surface area contributed by atoms with Gasteiger partial charge in [-0.2, -0.15) is 0 Å². The van der Waals surface area contributed by atoms with Crippen molar-refractivity contribution >= 4 is 17.3 Å². The largest absolute Gasteiger partial charge is 0.368 e. The fourth-order valence-electron chi connectivity index (χ4n) is 2.96. The highest BCUT2D eigenvalue weighted by Gasteiger charge is 2.23. The molecule has 2 aromatic rings. The number of anilines is 2. The van der Waals surface area contributed by atoms with Crippen LogP contribution in [0.5, 0.6) is 0 Å². The zero-order chi connectivity index (χ0) is 16.2. The Morgan fingerprint density at radius 1 is 1.00 bits per heavy atom. The average molecular weight is 310 g/mol. The maximum Gasteiger partial charge on any atom is 0.255 e. The van der Waals surface area contributed by atoms with E-state index < -0.39 is 0 Å². The van der Waals surface area contributed by atoms with Crippen molar-refractivity contribution in [3.05, 3.63) is 60.2 Å². The van der Waals surface area contributed by atoms with Crippen molar-refractivity contribution in [3.8, 4) is 0 Å². The van der Waals surface area contributed by atoms with Gasteiger partial charge in [-0.25, -0.2) is 0 Å². The average Bonchev–Trinajstić information content (AvgIpc) is 2.55. The van der Waals surface area contributed by atoms with E-state index in [2.05, 4.69) is 10.2 Å². The summed E-state index contributed by atoms with van der Waals surface area (Å²) in [4.78, 5) is 14.5. The molecule has 1 amide bonds. The third-order valence-electron chi connectivity index (χ3n) is 4.02. The molecule has 1 heterocycles. The Morgan fingerprint density at radius 3 is 2.39 bits per heavy atom. The number of amides is 1. The number of hydrogen-bond acceptors (Lipinski definition) is 4. The molecule has 5 heteroatoms. The molecule has 0 unspecified atom stereocenters. The highest BCUT2D eigenvalue weighted by Crippen LogP contribution is 2.21. The molecule has 0 radical (unpaired) electrons. The van der Waals surface area contributed by atoms with E-state index in [1.54, 1.807) is 0 Å². The lowest BCUT2D eigenvalue weighted by Crippen LogP contribution is -2.52. The Kier molecular flexibility index (Phi) is 4.60. The standard InChI is InChI=1S/C18H22N4O/c19-14-10-15(20)12-22(11-14)17-8-4-5-13(9-17)18(23)21-16-6-2-1-3-7-16/h1-9,14-15H,10-12,19-20H2,(H,21,23)/t14-,15+. The van der Waals surface area contributed by atoms with Gasteiger partial charge in [-0.3, -0.25) is 4.79 Å². The van der Waals surface area contributed by atoms with E-state index in [4.69, 9.17) is 11.5 Å². The zero-order valence-electron chi connectivity index (χ0n) is 13.0. The summed E-state index contributed by atoms with van der Waals surface area (Å²) in [5, 5.41) is 2.90. The molecule has 1 fully saturated rings. The number of carbonyl (C=O) groups is 1. The van der Waals surface area contributed by atoms with Gasteiger partial charge in [0.05, 0.1) is 0 Å². The number of nitrogens with one attached hydrogen (secondary N) is 1. The number of nitrogens with two attached hydrogens (primary N) is 2. The highest BCUT2D eigenvalue weighted by atomic mass is 16.1. The number of carbonyl (C=O) groups excluding carboxylic acids is 1. The molecule has 1 saturated heterocycles. The van der Waals surface area contributed by atoms with Crippen molar-refractivity contribution < 1.29 is 4.79 Å². The van der Waals surface area contributed by atoms with Crippen molar-refractivity contribution in [1.29, 1.82) is 0 Å². The predicted molar refractivity (Wildman–Crippen MR) is 93.6 cm³/mol. The van der Waals surface area contributed by atoms with E-state index in [0.29, 0.717) is 5.56 Å². The Bertz CT molecular complexity index is 664. The van der Waals surface area contributed by atoms with Crippen LogP contribution in [-0.2, 0) is 0 Å². The van der Waals surface area contributed by atoms with Gasteiger partial charge in [-0.15, -0.1) is 0 Å². The molecular weight excluding hydrogens is 288 g/mol. The smallest absolute Gasteiger partial charge is 0.255 e. The van der Waals surface area contributed by atoms with E-state index in [1.807, 2.05) is 54.6 Å². The predicted octanol–water partition coefficient (Wildman–Crippen LogP) is 1.80. The van der Waals surface area contributed by atoms with Crippen molar-refractivity contribution in [2.75, 3.05) is 23.3 Å². The minimum Gasteiger partial charge on any atom is -0.368 e. The lowest BCUT2D eigenvalue weighted by atomic mass is 10.0. The first-order valence-corrected chi connectivity index (χ1v) is 7.84. The summed E-state index contributed by atoms with van der Waals surface area (Å²) in [6.45, 7) is 1.52. The summed E-state index contributed by atoms with van der Waals surface area (Å²) >= 11 is 0. The van der Waals surface area contributed by atoms with Crippen molar-refractivity contribution in [2.45, 2.75) is 18.5 Å². The van der Waals surface area contributed by atoms with Crippen LogP contribution in [0.1, 0.15) is 16.8 Å². The minimum absolute atomic E-state index is 0.0700. The number of benzene rings is 2. The lowest BCUT2D eigenvalue weighted by molar-refractivity contribution is 0.102. The second-order valence-corrected chi connectivity index (χ2v) is 6.03. The van der Waals surface area contributed by atoms with Gasteiger partial charge in [-0.05, 0) is 36.8 Å². The van der Waals surface area contributed by atoms with E-state index in [9.17, 15) is 4.79 Å². The first-order valence-electron chi connectivity index (χ1n) is 7.84. The summed E-state index contributed by atoms with van der Waals surface area (Å²) in [7, 11) is 0. The van der Waals surface area contributed by atoms with Gasteiger partial charge in [0.1, 0.15) is 0 Å². The fraction of sp³-hybridized carbons (Fsp3) is 0.278. The Hall–Kier alpha value is -2.37.